The predicted molar refractivity (Wildman–Crippen MR) is 74.2 cm³/mol. The standard InChI is InChI=1S/C12H10N2O3S2/c15-12-7-14(19(16,17)13-12)10-6-11(18-8-10)9-4-2-1-3-5-9/h1-6,8H,7H2,(H,13,15). The zero-order valence-corrected chi connectivity index (χ0v) is 11.4. The molecule has 0 spiro atoms. The zero-order chi connectivity index (χ0) is 13.5. The second kappa shape index (κ2) is 4.36. The van der Waals surface area contributed by atoms with Gasteiger partial charge < -0.3 is 0 Å². The van der Waals surface area contributed by atoms with E-state index in [4.69, 9.17) is 0 Å². The Hall–Kier alpha value is -1.86. The van der Waals surface area contributed by atoms with E-state index < -0.39 is 16.1 Å². The highest BCUT2D eigenvalue weighted by Crippen LogP contribution is 2.33. The summed E-state index contributed by atoms with van der Waals surface area (Å²) in [5.41, 5.74) is 1.54. The minimum atomic E-state index is -3.72. The summed E-state index contributed by atoms with van der Waals surface area (Å²) in [6, 6.07) is 11.5. The fourth-order valence-corrected chi connectivity index (χ4v) is 3.99. The van der Waals surface area contributed by atoms with Gasteiger partial charge in [0.15, 0.2) is 0 Å². The number of carbonyl (C=O) groups is 1. The van der Waals surface area contributed by atoms with Gasteiger partial charge in [-0.15, -0.1) is 11.3 Å². The van der Waals surface area contributed by atoms with Crippen LogP contribution in [-0.4, -0.2) is 20.9 Å². The molecular formula is C12H10N2O3S2. The van der Waals surface area contributed by atoms with Gasteiger partial charge in [-0.1, -0.05) is 30.3 Å². The highest BCUT2D eigenvalue weighted by atomic mass is 32.2. The first-order valence-electron chi connectivity index (χ1n) is 5.53. The van der Waals surface area contributed by atoms with Crippen molar-refractivity contribution in [3.05, 3.63) is 41.8 Å². The van der Waals surface area contributed by atoms with Crippen LogP contribution in [0.4, 0.5) is 5.69 Å². The van der Waals surface area contributed by atoms with E-state index in [0.29, 0.717) is 5.69 Å². The second-order valence-corrected chi connectivity index (χ2v) is 6.58. The Bertz CT molecular complexity index is 722. The third kappa shape index (κ3) is 2.22. The molecule has 1 aromatic carbocycles. The fourth-order valence-electron chi connectivity index (χ4n) is 1.89. The molecule has 1 saturated heterocycles. The molecule has 0 radical (unpaired) electrons. The Kier molecular flexibility index (Phi) is 2.79. The number of carbonyl (C=O) groups excluding carboxylic acids is 1. The van der Waals surface area contributed by atoms with E-state index in [1.54, 1.807) is 11.4 Å². The van der Waals surface area contributed by atoms with Crippen molar-refractivity contribution >= 4 is 33.1 Å². The Labute approximate surface area is 114 Å². The van der Waals surface area contributed by atoms with Gasteiger partial charge in [0, 0.05) is 10.3 Å². The minimum absolute atomic E-state index is 0.159. The predicted octanol–water partition coefficient (Wildman–Crippen LogP) is 1.60. The van der Waals surface area contributed by atoms with Gasteiger partial charge in [0.25, 0.3) is 5.91 Å². The van der Waals surface area contributed by atoms with Crippen LogP contribution in [0.1, 0.15) is 0 Å². The van der Waals surface area contributed by atoms with Gasteiger partial charge in [-0.3, -0.25) is 4.79 Å². The summed E-state index contributed by atoms with van der Waals surface area (Å²) in [7, 11) is -3.72. The average molecular weight is 294 g/mol. The van der Waals surface area contributed by atoms with Crippen LogP contribution < -0.4 is 9.03 Å². The van der Waals surface area contributed by atoms with Crippen LogP contribution in [0.5, 0.6) is 0 Å². The van der Waals surface area contributed by atoms with Crippen molar-refractivity contribution in [1.82, 2.24) is 4.72 Å². The highest BCUT2D eigenvalue weighted by molar-refractivity contribution is 7.92. The first-order valence-corrected chi connectivity index (χ1v) is 7.85. The number of rotatable bonds is 2. The molecule has 3 rings (SSSR count). The normalized spacial score (nSPS) is 17.5. The van der Waals surface area contributed by atoms with Crippen molar-refractivity contribution in [1.29, 1.82) is 0 Å². The van der Waals surface area contributed by atoms with Gasteiger partial charge in [0.2, 0.25) is 0 Å². The monoisotopic (exact) mass is 294 g/mol. The second-order valence-electron chi connectivity index (χ2n) is 4.07. The molecule has 19 heavy (non-hydrogen) atoms. The molecule has 1 aliphatic rings. The molecule has 2 heterocycles. The summed E-state index contributed by atoms with van der Waals surface area (Å²) < 4.78 is 26.5. The number of anilines is 1. The third-order valence-electron chi connectivity index (χ3n) is 2.75. The molecule has 7 heteroatoms. The quantitative estimate of drug-likeness (QED) is 0.915. The average Bonchev–Trinajstić information content (AvgIpc) is 2.94. The van der Waals surface area contributed by atoms with E-state index >= 15 is 0 Å². The van der Waals surface area contributed by atoms with Gasteiger partial charge in [-0.05, 0) is 11.6 Å². The number of thiophene rings is 1. The van der Waals surface area contributed by atoms with E-state index in [0.717, 1.165) is 14.7 Å². The maximum absolute atomic E-state index is 11.7. The highest BCUT2D eigenvalue weighted by Gasteiger charge is 2.34. The molecule has 5 nitrogen and oxygen atoms in total. The summed E-state index contributed by atoms with van der Waals surface area (Å²) in [5.74, 6) is -0.507. The Morgan fingerprint density at radius 1 is 1.21 bits per heavy atom. The molecule has 0 atom stereocenters. The lowest BCUT2D eigenvalue weighted by Gasteiger charge is -2.11. The molecule has 0 saturated carbocycles. The third-order valence-corrected chi connectivity index (χ3v) is 5.12. The molecule has 0 unspecified atom stereocenters. The van der Waals surface area contributed by atoms with Crippen LogP contribution in [0, 0.1) is 0 Å². The Morgan fingerprint density at radius 2 is 1.95 bits per heavy atom. The van der Waals surface area contributed by atoms with Crippen molar-refractivity contribution in [2.24, 2.45) is 0 Å². The molecule has 0 aliphatic carbocycles. The summed E-state index contributed by atoms with van der Waals surface area (Å²) in [5, 5.41) is 1.74. The largest absolute Gasteiger partial charge is 0.326 e. The first-order chi connectivity index (χ1) is 9.06. The van der Waals surface area contributed by atoms with Crippen molar-refractivity contribution in [3.63, 3.8) is 0 Å². The van der Waals surface area contributed by atoms with E-state index in [1.807, 2.05) is 35.1 Å². The molecular weight excluding hydrogens is 284 g/mol. The maximum Gasteiger partial charge on any atom is 0.326 e. The number of amides is 1. The summed E-state index contributed by atoms with van der Waals surface area (Å²) in [6.45, 7) is -0.159. The lowest BCUT2D eigenvalue weighted by atomic mass is 10.2. The van der Waals surface area contributed by atoms with Gasteiger partial charge in [-0.2, -0.15) is 8.42 Å². The van der Waals surface area contributed by atoms with Crippen molar-refractivity contribution in [2.75, 3.05) is 10.8 Å². The van der Waals surface area contributed by atoms with Crippen molar-refractivity contribution in [3.8, 4) is 10.4 Å². The van der Waals surface area contributed by atoms with Crippen LogP contribution in [0.3, 0.4) is 0 Å². The van der Waals surface area contributed by atoms with Gasteiger partial charge in [0.1, 0.15) is 6.54 Å². The molecule has 1 N–H and O–H groups in total. The van der Waals surface area contributed by atoms with Crippen LogP contribution in [-0.2, 0) is 15.0 Å². The number of nitrogens with zero attached hydrogens (tertiary/aromatic N) is 1. The zero-order valence-electron chi connectivity index (χ0n) is 9.74. The molecule has 2 aromatic rings. The lowest BCUT2D eigenvalue weighted by Crippen LogP contribution is -2.29. The number of hydrogen-bond acceptors (Lipinski definition) is 4. The summed E-state index contributed by atoms with van der Waals surface area (Å²) in [4.78, 5) is 12.2. The van der Waals surface area contributed by atoms with E-state index in [9.17, 15) is 13.2 Å². The van der Waals surface area contributed by atoms with Crippen LogP contribution in [0.2, 0.25) is 0 Å². The summed E-state index contributed by atoms with van der Waals surface area (Å²) >= 11 is 1.45. The van der Waals surface area contributed by atoms with Gasteiger partial charge >= 0.3 is 10.2 Å². The molecule has 98 valence electrons. The lowest BCUT2D eigenvalue weighted by molar-refractivity contribution is -0.117. The first kappa shape index (κ1) is 12.2. The van der Waals surface area contributed by atoms with E-state index in [2.05, 4.69) is 0 Å². The molecule has 1 amide bonds. The number of benzene rings is 1. The summed E-state index contributed by atoms with van der Waals surface area (Å²) in [6.07, 6.45) is 0. The minimum Gasteiger partial charge on any atom is -0.272 e. The van der Waals surface area contributed by atoms with Crippen molar-refractivity contribution in [2.45, 2.75) is 0 Å². The smallest absolute Gasteiger partial charge is 0.272 e. The number of nitrogens with one attached hydrogen (secondary N) is 1. The van der Waals surface area contributed by atoms with Crippen molar-refractivity contribution < 1.29 is 13.2 Å². The van der Waals surface area contributed by atoms with Crippen LogP contribution >= 0.6 is 11.3 Å². The van der Waals surface area contributed by atoms with Crippen LogP contribution in [0.15, 0.2) is 41.8 Å². The molecule has 1 fully saturated rings. The van der Waals surface area contributed by atoms with Gasteiger partial charge in [-0.25, -0.2) is 9.03 Å². The van der Waals surface area contributed by atoms with Gasteiger partial charge in [0.05, 0.1) is 5.69 Å². The SMILES string of the molecule is O=C1CN(c2csc(-c3ccccc3)c2)S(=O)(=O)N1. The Morgan fingerprint density at radius 3 is 2.58 bits per heavy atom. The van der Waals surface area contributed by atoms with E-state index in [-0.39, 0.29) is 6.54 Å². The van der Waals surface area contributed by atoms with E-state index in [1.165, 1.54) is 11.3 Å². The molecule has 1 aromatic heterocycles. The van der Waals surface area contributed by atoms with Crippen LogP contribution in [0.25, 0.3) is 10.4 Å². The number of hydrogen-bond donors (Lipinski definition) is 1. The molecule has 0 bridgehead atoms. The molecule has 1 aliphatic heterocycles. The fraction of sp³-hybridized carbons (Fsp3) is 0.0833. The Balaban J connectivity index is 1.97. The topological polar surface area (TPSA) is 66.5 Å². The maximum atomic E-state index is 11.7.